The van der Waals surface area contributed by atoms with Gasteiger partial charge in [-0.1, -0.05) is 60.7 Å². The number of ether oxygens (including phenoxy) is 2. The Hall–Kier alpha value is -1.45. The molecule has 150 valence electrons. The number of hydrogen-bond acceptors (Lipinski definition) is 4. The molecule has 4 atom stereocenters. The summed E-state index contributed by atoms with van der Waals surface area (Å²) >= 11 is 0. The third kappa shape index (κ3) is 3.71. The smallest absolute Gasteiger partial charge is 0.163 e. The predicted molar refractivity (Wildman–Crippen MR) is 112 cm³/mol. The van der Waals surface area contributed by atoms with E-state index in [1.807, 2.05) is 74.5 Å². The molecule has 2 fully saturated rings. The van der Waals surface area contributed by atoms with Crippen molar-refractivity contribution in [3.63, 3.8) is 0 Å². The van der Waals surface area contributed by atoms with Crippen LogP contribution in [0.3, 0.4) is 0 Å². The Labute approximate surface area is 167 Å². The largest absolute Gasteiger partial charge is 0.392 e. The maximum atomic E-state index is 14.6. The Morgan fingerprint density at radius 3 is 1.79 bits per heavy atom. The molecule has 0 radical (unpaired) electrons. The van der Waals surface area contributed by atoms with E-state index in [4.69, 9.17) is 9.47 Å². The SMILES string of the molecule is CC1(C)O[C@@H]2CC[C@@H](O)[C@H](P(=O)(c3ccccc3)c3ccccc3)CC[C@H]2O1. The Kier molecular flexibility index (Phi) is 5.50. The fourth-order valence-electron chi connectivity index (χ4n) is 4.71. The topological polar surface area (TPSA) is 55.8 Å². The highest BCUT2D eigenvalue weighted by Gasteiger charge is 2.47. The Balaban J connectivity index is 1.71. The van der Waals surface area contributed by atoms with E-state index in [0.29, 0.717) is 12.8 Å². The third-order valence-corrected chi connectivity index (χ3v) is 9.64. The van der Waals surface area contributed by atoms with Crippen LogP contribution in [0, 0.1) is 0 Å². The van der Waals surface area contributed by atoms with Gasteiger partial charge in [0.05, 0.1) is 18.3 Å². The highest BCUT2D eigenvalue weighted by atomic mass is 31.2. The molecule has 4 rings (SSSR count). The number of aliphatic hydroxyl groups is 1. The molecular weight excluding hydrogens is 371 g/mol. The van der Waals surface area contributed by atoms with Gasteiger partial charge >= 0.3 is 0 Å². The second-order valence-electron chi connectivity index (χ2n) is 8.33. The van der Waals surface area contributed by atoms with Crippen molar-refractivity contribution in [1.29, 1.82) is 0 Å². The molecule has 1 saturated carbocycles. The van der Waals surface area contributed by atoms with Gasteiger partial charge in [-0.25, -0.2) is 0 Å². The quantitative estimate of drug-likeness (QED) is 0.796. The number of aliphatic hydroxyl groups excluding tert-OH is 1. The minimum atomic E-state index is -3.02. The van der Waals surface area contributed by atoms with Gasteiger partial charge in [0.1, 0.15) is 7.14 Å². The molecule has 0 amide bonds. The molecular formula is C23H29O4P. The van der Waals surface area contributed by atoms with Crippen molar-refractivity contribution >= 4 is 17.8 Å². The lowest BCUT2D eigenvalue weighted by molar-refractivity contribution is -0.147. The van der Waals surface area contributed by atoms with Crippen LogP contribution in [0.1, 0.15) is 39.5 Å². The van der Waals surface area contributed by atoms with Crippen LogP contribution in [-0.2, 0) is 14.0 Å². The lowest BCUT2D eigenvalue weighted by atomic mass is 9.94. The Morgan fingerprint density at radius 1 is 0.821 bits per heavy atom. The lowest BCUT2D eigenvalue weighted by Crippen LogP contribution is -2.39. The Morgan fingerprint density at radius 2 is 1.29 bits per heavy atom. The van der Waals surface area contributed by atoms with Crippen LogP contribution in [-0.4, -0.2) is 34.9 Å². The molecule has 1 N–H and O–H groups in total. The number of hydrogen-bond donors (Lipinski definition) is 1. The van der Waals surface area contributed by atoms with Gasteiger partial charge in [-0.2, -0.15) is 0 Å². The van der Waals surface area contributed by atoms with Crippen molar-refractivity contribution < 1.29 is 19.1 Å². The monoisotopic (exact) mass is 400 g/mol. The standard InChI is InChI=1S/C23H29O4P/c1-23(2)26-20-14-13-19(24)22(16-15-21(20)27-23)28(25,17-9-5-3-6-10-17)18-11-7-4-8-12-18/h3-12,19-22,24H,13-16H2,1-2H3/t19-,20-,21-,22-/m1/s1. The van der Waals surface area contributed by atoms with E-state index >= 15 is 0 Å². The minimum absolute atomic E-state index is 0.00145. The van der Waals surface area contributed by atoms with E-state index in [0.717, 1.165) is 23.5 Å². The summed E-state index contributed by atoms with van der Waals surface area (Å²) in [7, 11) is -3.02. The number of fused-ring (bicyclic) bond motifs is 1. The van der Waals surface area contributed by atoms with Crippen molar-refractivity contribution in [1.82, 2.24) is 0 Å². The molecule has 1 saturated heterocycles. The second kappa shape index (κ2) is 7.76. The predicted octanol–water partition coefficient (Wildman–Crippen LogP) is 3.82. The fourth-order valence-corrected chi connectivity index (χ4v) is 8.15. The van der Waals surface area contributed by atoms with E-state index in [9.17, 15) is 9.67 Å². The molecule has 0 unspecified atom stereocenters. The average Bonchev–Trinajstić information content (AvgIpc) is 2.99. The van der Waals surface area contributed by atoms with Gasteiger partial charge in [-0.15, -0.1) is 0 Å². The summed E-state index contributed by atoms with van der Waals surface area (Å²) in [6, 6.07) is 19.3. The first-order valence-electron chi connectivity index (χ1n) is 10.1. The van der Waals surface area contributed by atoms with Crippen molar-refractivity contribution in [3.8, 4) is 0 Å². The van der Waals surface area contributed by atoms with Gasteiger partial charge < -0.3 is 19.1 Å². The summed E-state index contributed by atoms with van der Waals surface area (Å²) in [5.74, 6) is -0.595. The van der Waals surface area contributed by atoms with E-state index in [2.05, 4.69) is 0 Å². The first-order chi connectivity index (χ1) is 13.4. The van der Waals surface area contributed by atoms with Gasteiger partial charge in [0.15, 0.2) is 5.79 Å². The molecule has 4 nitrogen and oxygen atoms in total. The van der Waals surface area contributed by atoms with Gasteiger partial charge in [-0.3, -0.25) is 0 Å². The first kappa shape index (κ1) is 19.8. The zero-order chi connectivity index (χ0) is 19.8. The second-order valence-corrected chi connectivity index (χ2v) is 11.3. The fraction of sp³-hybridized carbons (Fsp3) is 0.478. The molecule has 0 bridgehead atoms. The van der Waals surface area contributed by atoms with E-state index < -0.39 is 19.0 Å². The van der Waals surface area contributed by atoms with E-state index in [1.54, 1.807) is 0 Å². The Bertz CT molecular complexity index is 793. The third-order valence-electron chi connectivity index (χ3n) is 5.97. The van der Waals surface area contributed by atoms with Gasteiger partial charge in [-0.05, 0) is 39.5 Å². The summed E-state index contributed by atoms with van der Waals surface area (Å²) < 4.78 is 26.8. The van der Waals surface area contributed by atoms with Crippen molar-refractivity contribution in [2.75, 3.05) is 0 Å². The maximum Gasteiger partial charge on any atom is 0.163 e. The highest BCUT2D eigenvalue weighted by molar-refractivity contribution is 7.79. The molecule has 2 aromatic rings. The molecule has 28 heavy (non-hydrogen) atoms. The molecule has 5 heteroatoms. The first-order valence-corrected chi connectivity index (χ1v) is 11.9. The van der Waals surface area contributed by atoms with Crippen LogP contribution in [0.25, 0.3) is 0 Å². The van der Waals surface area contributed by atoms with Crippen LogP contribution in [0.15, 0.2) is 60.7 Å². The molecule has 1 aliphatic carbocycles. The highest BCUT2D eigenvalue weighted by Crippen LogP contribution is 2.53. The van der Waals surface area contributed by atoms with Gasteiger partial charge in [0.2, 0.25) is 0 Å². The summed E-state index contributed by atoms with van der Waals surface area (Å²) in [6.07, 6.45) is 2.01. The van der Waals surface area contributed by atoms with E-state index in [-0.39, 0.29) is 17.9 Å². The molecule has 1 aliphatic heterocycles. The summed E-state index contributed by atoms with van der Waals surface area (Å²) in [6.45, 7) is 3.87. The molecule has 1 heterocycles. The molecule has 0 aromatic heterocycles. The van der Waals surface area contributed by atoms with Crippen molar-refractivity contribution in [2.45, 2.75) is 69.3 Å². The van der Waals surface area contributed by atoms with Crippen LogP contribution in [0.5, 0.6) is 0 Å². The van der Waals surface area contributed by atoms with Crippen LogP contribution >= 0.6 is 7.14 Å². The normalized spacial score (nSPS) is 30.2. The summed E-state index contributed by atoms with van der Waals surface area (Å²) in [5, 5.41) is 12.7. The summed E-state index contributed by atoms with van der Waals surface area (Å²) in [5.41, 5.74) is -0.328. The van der Waals surface area contributed by atoms with Crippen molar-refractivity contribution in [3.05, 3.63) is 60.7 Å². The number of rotatable bonds is 3. The van der Waals surface area contributed by atoms with Gasteiger partial charge in [0, 0.05) is 16.3 Å². The zero-order valence-corrected chi connectivity index (χ0v) is 17.4. The molecule has 2 aliphatic rings. The average molecular weight is 400 g/mol. The maximum absolute atomic E-state index is 14.6. The molecule has 0 spiro atoms. The van der Waals surface area contributed by atoms with Crippen LogP contribution < -0.4 is 10.6 Å². The van der Waals surface area contributed by atoms with Crippen LogP contribution in [0.4, 0.5) is 0 Å². The summed E-state index contributed by atoms with van der Waals surface area (Å²) in [4.78, 5) is 0. The van der Waals surface area contributed by atoms with E-state index in [1.165, 1.54) is 0 Å². The van der Waals surface area contributed by atoms with Crippen molar-refractivity contribution in [2.24, 2.45) is 0 Å². The lowest BCUT2D eigenvalue weighted by Gasteiger charge is -2.35. The number of benzene rings is 2. The van der Waals surface area contributed by atoms with Crippen LogP contribution in [0.2, 0.25) is 0 Å². The van der Waals surface area contributed by atoms with Gasteiger partial charge in [0.25, 0.3) is 0 Å². The molecule has 2 aromatic carbocycles. The minimum Gasteiger partial charge on any atom is -0.392 e. The zero-order valence-electron chi connectivity index (χ0n) is 16.5.